The van der Waals surface area contributed by atoms with Crippen molar-refractivity contribution in [2.24, 2.45) is 5.84 Å². The van der Waals surface area contributed by atoms with Crippen molar-refractivity contribution in [1.82, 2.24) is 15.0 Å². The molecule has 0 amide bonds. The van der Waals surface area contributed by atoms with Gasteiger partial charge in [-0.05, 0) is 31.0 Å². The van der Waals surface area contributed by atoms with E-state index in [1.807, 2.05) is 30.5 Å². The van der Waals surface area contributed by atoms with Crippen LogP contribution in [0.25, 0.3) is 0 Å². The van der Waals surface area contributed by atoms with Gasteiger partial charge in [-0.15, -0.1) is 0 Å². The maximum Gasteiger partial charge on any atom is 0.127 e. The van der Waals surface area contributed by atoms with Crippen LogP contribution in [-0.2, 0) is 13.0 Å². The van der Waals surface area contributed by atoms with Crippen LogP contribution in [0, 0.1) is 0 Å². The lowest BCUT2D eigenvalue weighted by molar-refractivity contribution is 0.496. The minimum Gasteiger partial charge on any atom is -0.334 e. The van der Waals surface area contributed by atoms with Crippen LogP contribution in [-0.4, -0.2) is 9.55 Å². The van der Waals surface area contributed by atoms with Crippen LogP contribution < -0.4 is 11.3 Å². The topological polar surface area (TPSA) is 55.9 Å². The maximum atomic E-state index is 5.87. The molecule has 0 aliphatic rings. The summed E-state index contributed by atoms with van der Waals surface area (Å²) in [5.41, 5.74) is 4.00. The third-order valence-corrected chi connectivity index (χ3v) is 3.21. The number of nitrogens with zero attached hydrogens (tertiary/aromatic N) is 2. The number of aryl methyl sites for hydroxylation is 1. The predicted octanol–water partition coefficient (Wildman–Crippen LogP) is 2.30. The molecule has 18 heavy (non-hydrogen) atoms. The molecule has 2 rings (SSSR count). The zero-order valence-electron chi connectivity index (χ0n) is 10.3. The number of rotatable bonds is 5. The first-order valence-corrected chi connectivity index (χ1v) is 6.34. The van der Waals surface area contributed by atoms with E-state index in [9.17, 15) is 0 Å². The minimum absolute atomic E-state index is 0.00104. The van der Waals surface area contributed by atoms with E-state index in [1.165, 1.54) is 5.56 Å². The van der Waals surface area contributed by atoms with Crippen molar-refractivity contribution in [1.29, 1.82) is 0 Å². The van der Waals surface area contributed by atoms with E-state index < -0.39 is 0 Å². The number of nitrogens with one attached hydrogen (secondary N) is 1. The number of nitrogens with two attached hydrogens (primary N) is 1. The molecule has 3 N–H and O–H groups in total. The fourth-order valence-electron chi connectivity index (χ4n) is 1.98. The third kappa shape index (κ3) is 2.90. The lowest BCUT2D eigenvalue weighted by atomic mass is 10.1. The second-order valence-corrected chi connectivity index (χ2v) is 4.56. The summed E-state index contributed by atoms with van der Waals surface area (Å²) in [5, 5.41) is 0.742. The van der Waals surface area contributed by atoms with Gasteiger partial charge in [-0.1, -0.05) is 23.7 Å². The highest BCUT2D eigenvalue weighted by molar-refractivity contribution is 6.30. The fraction of sp³-hybridized carbons (Fsp3) is 0.308. The normalized spacial score (nSPS) is 12.6. The van der Waals surface area contributed by atoms with E-state index >= 15 is 0 Å². The lowest BCUT2D eigenvalue weighted by Gasteiger charge is -2.16. The van der Waals surface area contributed by atoms with Gasteiger partial charge in [0.25, 0.3) is 0 Å². The minimum atomic E-state index is 0.00104. The Kier molecular flexibility index (Phi) is 4.36. The summed E-state index contributed by atoms with van der Waals surface area (Å²) in [4.78, 5) is 4.37. The monoisotopic (exact) mass is 264 g/mol. The van der Waals surface area contributed by atoms with Crippen LogP contribution in [0.15, 0.2) is 36.7 Å². The Hall–Kier alpha value is -1.36. The number of hydrogen-bond donors (Lipinski definition) is 2. The molecular weight excluding hydrogens is 248 g/mol. The van der Waals surface area contributed by atoms with E-state index in [0.29, 0.717) is 0 Å². The predicted molar refractivity (Wildman–Crippen MR) is 73.1 cm³/mol. The molecule has 0 fully saturated rings. The molecule has 5 heteroatoms. The summed E-state index contributed by atoms with van der Waals surface area (Å²) in [7, 11) is 0. The van der Waals surface area contributed by atoms with E-state index in [4.69, 9.17) is 17.4 Å². The highest BCUT2D eigenvalue weighted by Gasteiger charge is 2.15. The molecular formula is C13H17ClN4. The van der Waals surface area contributed by atoms with Gasteiger partial charge in [0.05, 0.1) is 6.04 Å². The SMILES string of the molecule is CCn1ccnc1C(Cc1ccc(Cl)cc1)NN. The third-order valence-electron chi connectivity index (χ3n) is 2.95. The Bertz CT molecular complexity index is 492. The van der Waals surface area contributed by atoms with Gasteiger partial charge in [-0.25, -0.2) is 10.4 Å². The summed E-state index contributed by atoms with van der Waals surface area (Å²) >= 11 is 5.87. The van der Waals surface area contributed by atoms with E-state index in [-0.39, 0.29) is 6.04 Å². The number of aromatic nitrogens is 2. The van der Waals surface area contributed by atoms with Crippen LogP contribution >= 0.6 is 11.6 Å². The van der Waals surface area contributed by atoms with Crippen LogP contribution in [0.5, 0.6) is 0 Å². The molecule has 96 valence electrons. The largest absolute Gasteiger partial charge is 0.334 e. The Morgan fingerprint density at radius 3 is 2.72 bits per heavy atom. The second kappa shape index (κ2) is 6.00. The molecule has 0 saturated heterocycles. The first kappa shape index (κ1) is 13.1. The highest BCUT2D eigenvalue weighted by atomic mass is 35.5. The average molecular weight is 265 g/mol. The first-order chi connectivity index (χ1) is 8.74. The second-order valence-electron chi connectivity index (χ2n) is 4.12. The number of hydrogen-bond acceptors (Lipinski definition) is 3. The molecule has 0 spiro atoms. The van der Waals surface area contributed by atoms with Gasteiger partial charge in [-0.2, -0.15) is 0 Å². The smallest absolute Gasteiger partial charge is 0.127 e. The molecule has 1 heterocycles. The van der Waals surface area contributed by atoms with Crippen molar-refractivity contribution in [3.63, 3.8) is 0 Å². The van der Waals surface area contributed by atoms with Gasteiger partial charge in [0.1, 0.15) is 5.82 Å². The van der Waals surface area contributed by atoms with E-state index in [1.54, 1.807) is 6.20 Å². The summed E-state index contributed by atoms with van der Waals surface area (Å²) in [6, 6.07) is 7.78. The molecule has 0 aliphatic heterocycles. The summed E-state index contributed by atoms with van der Waals surface area (Å²) in [6.07, 6.45) is 4.54. The van der Waals surface area contributed by atoms with Gasteiger partial charge >= 0.3 is 0 Å². The van der Waals surface area contributed by atoms with Gasteiger partial charge < -0.3 is 4.57 Å². The van der Waals surface area contributed by atoms with Gasteiger partial charge in [0, 0.05) is 24.0 Å². The molecule has 4 nitrogen and oxygen atoms in total. The first-order valence-electron chi connectivity index (χ1n) is 5.96. The molecule has 1 aromatic carbocycles. The molecule has 0 bridgehead atoms. The summed E-state index contributed by atoms with van der Waals surface area (Å²) < 4.78 is 2.08. The summed E-state index contributed by atoms with van der Waals surface area (Å²) in [6.45, 7) is 2.97. The van der Waals surface area contributed by atoms with E-state index in [2.05, 4.69) is 21.9 Å². The Balaban J connectivity index is 2.17. The number of hydrazine groups is 1. The van der Waals surface area contributed by atoms with Crippen LogP contribution in [0.3, 0.4) is 0 Å². The fourth-order valence-corrected chi connectivity index (χ4v) is 2.11. The van der Waals surface area contributed by atoms with Gasteiger partial charge in [0.2, 0.25) is 0 Å². The molecule has 1 unspecified atom stereocenters. The summed E-state index contributed by atoms with van der Waals surface area (Å²) in [5.74, 6) is 6.59. The quantitative estimate of drug-likeness (QED) is 0.644. The Morgan fingerprint density at radius 1 is 1.39 bits per heavy atom. The van der Waals surface area contributed by atoms with Crippen molar-refractivity contribution >= 4 is 11.6 Å². The van der Waals surface area contributed by atoms with Gasteiger partial charge in [-0.3, -0.25) is 5.84 Å². The average Bonchev–Trinajstić information content (AvgIpc) is 2.86. The van der Waals surface area contributed by atoms with Crippen molar-refractivity contribution < 1.29 is 0 Å². The maximum absolute atomic E-state index is 5.87. The molecule has 0 radical (unpaired) electrons. The Labute approximate surface area is 112 Å². The van der Waals surface area contributed by atoms with E-state index in [0.717, 1.165) is 23.8 Å². The van der Waals surface area contributed by atoms with Crippen LogP contribution in [0.1, 0.15) is 24.4 Å². The molecule has 1 aromatic heterocycles. The van der Waals surface area contributed by atoms with Crippen molar-refractivity contribution in [2.75, 3.05) is 0 Å². The molecule has 0 aliphatic carbocycles. The standard InChI is InChI=1S/C13H17ClN4/c1-2-18-8-7-16-13(18)12(17-15)9-10-3-5-11(14)6-4-10/h3-8,12,17H,2,9,15H2,1H3. The molecule has 0 saturated carbocycles. The van der Waals surface area contributed by atoms with Crippen molar-refractivity contribution in [2.45, 2.75) is 25.9 Å². The zero-order valence-corrected chi connectivity index (χ0v) is 11.1. The highest BCUT2D eigenvalue weighted by Crippen LogP contribution is 2.18. The van der Waals surface area contributed by atoms with Crippen LogP contribution in [0.2, 0.25) is 5.02 Å². The molecule has 2 aromatic rings. The van der Waals surface area contributed by atoms with Crippen LogP contribution in [0.4, 0.5) is 0 Å². The number of halogens is 1. The lowest BCUT2D eigenvalue weighted by Crippen LogP contribution is -2.31. The number of imidazole rings is 1. The van der Waals surface area contributed by atoms with Crippen molar-refractivity contribution in [3.8, 4) is 0 Å². The Morgan fingerprint density at radius 2 is 2.11 bits per heavy atom. The van der Waals surface area contributed by atoms with Gasteiger partial charge in [0.15, 0.2) is 0 Å². The number of benzene rings is 1. The van der Waals surface area contributed by atoms with Crippen molar-refractivity contribution in [3.05, 3.63) is 53.1 Å². The zero-order chi connectivity index (χ0) is 13.0. The molecule has 1 atom stereocenters.